The summed E-state index contributed by atoms with van der Waals surface area (Å²) >= 11 is 1.67. The number of methoxy groups -OCH3 is 2. The first-order valence-corrected chi connectivity index (χ1v) is 8.56. The number of nitrogens with zero attached hydrogens (tertiary/aromatic N) is 1. The minimum absolute atomic E-state index is 0.0159. The Kier molecular flexibility index (Phi) is 5.97. The van der Waals surface area contributed by atoms with E-state index in [0.717, 1.165) is 36.7 Å². The molecule has 122 valence electrons. The lowest BCUT2D eigenvalue weighted by atomic mass is 10.1. The van der Waals surface area contributed by atoms with Crippen molar-refractivity contribution in [2.45, 2.75) is 24.5 Å². The van der Waals surface area contributed by atoms with Gasteiger partial charge < -0.3 is 19.7 Å². The molecule has 0 aromatic heterocycles. The quantitative estimate of drug-likeness (QED) is 0.767. The van der Waals surface area contributed by atoms with Crippen LogP contribution in [0.4, 0.5) is 0 Å². The van der Waals surface area contributed by atoms with Gasteiger partial charge in [0.15, 0.2) is 0 Å². The third-order valence-corrected chi connectivity index (χ3v) is 5.19. The van der Waals surface area contributed by atoms with Crippen molar-refractivity contribution in [2.75, 3.05) is 33.9 Å². The van der Waals surface area contributed by atoms with Crippen LogP contribution in [0, 0.1) is 0 Å². The van der Waals surface area contributed by atoms with Crippen molar-refractivity contribution in [1.29, 1.82) is 0 Å². The molecule has 1 fully saturated rings. The van der Waals surface area contributed by atoms with E-state index in [1.165, 1.54) is 0 Å². The first kappa shape index (κ1) is 17.0. The van der Waals surface area contributed by atoms with Crippen LogP contribution < -0.4 is 14.8 Å². The van der Waals surface area contributed by atoms with E-state index < -0.39 is 0 Å². The topological polar surface area (TPSA) is 55.4 Å². The second-order valence-corrected chi connectivity index (χ2v) is 6.68. The van der Waals surface area contributed by atoms with Gasteiger partial charge in [0, 0.05) is 5.56 Å². The molecule has 5 nitrogen and oxygen atoms in total. The van der Waals surface area contributed by atoms with Gasteiger partial charge in [0.05, 0.1) is 39.1 Å². The van der Waals surface area contributed by atoms with E-state index in [1.807, 2.05) is 30.0 Å². The van der Waals surface area contributed by atoms with E-state index in [4.69, 9.17) is 9.47 Å². The molecule has 0 bridgehead atoms. The number of amides is 1. The number of thioether (sulfide) groups is 1. The van der Waals surface area contributed by atoms with Crippen LogP contribution in [0.1, 0.15) is 24.8 Å². The summed E-state index contributed by atoms with van der Waals surface area (Å²) in [5, 5.41) is 2.17. The van der Waals surface area contributed by atoms with Gasteiger partial charge in [-0.05, 0) is 32.0 Å². The number of rotatable bonds is 7. The number of likely N-dealkylation sites (N-methyl/N-ethyl adjacent to an activating group) is 1. The molecule has 0 saturated carbocycles. The monoisotopic (exact) mass is 325 g/mol. The lowest BCUT2D eigenvalue weighted by Gasteiger charge is -2.25. The molecule has 1 saturated heterocycles. The number of carbonyl (C=O) groups excluding carboxylic acids is 1. The Balaban J connectivity index is 2.29. The lowest BCUT2D eigenvalue weighted by molar-refractivity contribution is -0.651. The molecule has 1 amide bonds. The van der Waals surface area contributed by atoms with Gasteiger partial charge in [0.1, 0.15) is 16.9 Å². The van der Waals surface area contributed by atoms with Crippen LogP contribution in [0.3, 0.4) is 0 Å². The van der Waals surface area contributed by atoms with Crippen LogP contribution in [0.15, 0.2) is 18.2 Å². The molecule has 0 unspecified atom stereocenters. The second-order valence-electron chi connectivity index (χ2n) is 5.26. The molecule has 1 aliphatic rings. The van der Waals surface area contributed by atoms with Crippen LogP contribution in [-0.2, 0) is 4.79 Å². The fourth-order valence-electron chi connectivity index (χ4n) is 2.61. The SMILES string of the molecule is CC[NH2+]CCN1C(=O)[C@H](C)S[C@H]1c1cc(OC)ccc1OC. The molecule has 0 aliphatic carbocycles. The van der Waals surface area contributed by atoms with Crippen molar-refractivity contribution in [1.82, 2.24) is 4.90 Å². The fraction of sp³-hybridized carbons (Fsp3) is 0.562. The molecule has 6 heteroatoms. The summed E-state index contributed by atoms with van der Waals surface area (Å²) in [6.07, 6.45) is 0. The molecular weight excluding hydrogens is 300 g/mol. The summed E-state index contributed by atoms with van der Waals surface area (Å²) in [6, 6.07) is 5.75. The van der Waals surface area contributed by atoms with Gasteiger partial charge in [-0.3, -0.25) is 4.79 Å². The van der Waals surface area contributed by atoms with Gasteiger partial charge in [-0.25, -0.2) is 0 Å². The first-order chi connectivity index (χ1) is 10.6. The highest BCUT2D eigenvalue weighted by Crippen LogP contribution is 2.46. The summed E-state index contributed by atoms with van der Waals surface area (Å²) in [5.74, 6) is 1.78. The average molecular weight is 325 g/mol. The number of benzene rings is 1. The number of hydrogen-bond acceptors (Lipinski definition) is 4. The van der Waals surface area contributed by atoms with Gasteiger partial charge in [0.2, 0.25) is 5.91 Å². The molecule has 1 aliphatic heterocycles. The van der Waals surface area contributed by atoms with E-state index in [9.17, 15) is 4.79 Å². The Morgan fingerprint density at radius 1 is 1.32 bits per heavy atom. The first-order valence-electron chi connectivity index (χ1n) is 7.61. The third-order valence-electron chi connectivity index (χ3n) is 3.81. The van der Waals surface area contributed by atoms with Crippen molar-refractivity contribution in [3.8, 4) is 11.5 Å². The van der Waals surface area contributed by atoms with Crippen molar-refractivity contribution in [3.05, 3.63) is 23.8 Å². The number of ether oxygens (including phenoxy) is 2. The molecule has 1 aromatic rings. The van der Waals surface area contributed by atoms with Crippen LogP contribution in [0.25, 0.3) is 0 Å². The smallest absolute Gasteiger partial charge is 0.236 e. The number of hydrogen-bond donors (Lipinski definition) is 1. The third kappa shape index (κ3) is 3.50. The molecule has 2 rings (SSSR count). The summed E-state index contributed by atoms with van der Waals surface area (Å²) in [6.45, 7) is 6.77. The number of carbonyl (C=O) groups is 1. The summed E-state index contributed by atoms with van der Waals surface area (Å²) in [4.78, 5) is 14.4. The fourth-order valence-corrected chi connectivity index (χ4v) is 3.94. The minimum atomic E-state index is -0.0254. The predicted molar refractivity (Wildman–Crippen MR) is 88.4 cm³/mol. The summed E-state index contributed by atoms with van der Waals surface area (Å²) < 4.78 is 10.8. The Bertz CT molecular complexity index is 524. The Morgan fingerprint density at radius 3 is 2.73 bits per heavy atom. The van der Waals surface area contributed by atoms with E-state index in [0.29, 0.717) is 0 Å². The van der Waals surface area contributed by atoms with Crippen LogP contribution in [0.2, 0.25) is 0 Å². The second kappa shape index (κ2) is 7.74. The van der Waals surface area contributed by atoms with Gasteiger partial charge >= 0.3 is 0 Å². The standard InChI is InChI=1S/C16H24N2O3S/c1-5-17-8-9-18-15(19)11(2)22-16(18)13-10-12(20-3)6-7-14(13)21-4/h6-7,10-11,16-17H,5,8-9H2,1-4H3/p+1/t11-,16-/m0/s1. The maximum atomic E-state index is 12.5. The van der Waals surface area contributed by atoms with E-state index >= 15 is 0 Å². The van der Waals surface area contributed by atoms with Crippen molar-refractivity contribution < 1.29 is 19.6 Å². The van der Waals surface area contributed by atoms with Gasteiger partial charge in [0.25, 0.3) is 0 Å². The van der Waals surface area contributed by atoms with Crippen molar-refractivity contribution >= 4 is 17.7 Å². The Labute approximate surface area is 136 Å². The highest BCUT2D eigenvalue weighted by molar-refractivity contribution is 8.01. The average Bonchev–Trinajstić information content (AvgIpc) is 2.82. The maximum absolute atomic E-state index is 12.5. The van der Waals surface area contributed by atoms with Crippen molar-refractivity contribution in [2.24, 2.45) is 0 Å². The zero-order valence-corrected chi connectivity index (χ0v) is 14.5. The summed E-state index contributed by atoms with van der Waals surface area (Å²) in [7, 11) is 3.31. The molecule has 2 N–H and O–H groups in total. The Morgan fingerprint density at radius 2 is 2.09 bits per heavy atom. The predicted octanol–water partition coefficient (Wildman–Crippen LogP) is 1.25. The Hall–Kier alpha value is -1.40. The number of nitrogens with two attached hydrogens (primary N) is 1. The zero-order chi connectivity index (χ0) is 16.1. The minimum Gasteiger partial charge on any atom is -0.497 e. The summed E-state index contributed by atoms with van der Waals surface area (Å²) in [5.41, 5.74) is 1.00. The largest absolute Gasteiger partial charge is 0.497 e. The van der Waals surface area contributed by atoms with Gasteiger partial charge in [-0.15, -0.1) is 11.8 Å². The van der Waals surface area contributed by atoms with E-state index in [2.05, 4.69) is 12.2 Å². The molecule has 22 heavy (non-hydrogen) atoms. The van der Waals surface area contributed by atoms with Crippen LogP contribution in [-0.4, -0.2) is 49.9 Å². The molecule has 1 aromatic carbocycles. The van der Waals surface area contributed by atoms with Crippen LogP contribution in [0.5, 0.6) is 11.5 Å². The lowest BCUT2D eigenvalue weighted by Crippen LogP contribution is -2.85. The number of quaternary nitrogens is 1. The van der Waals surface area contributed by atoms with Gasteiger partial charge in [-0.1, -0.05) is 0 Å². The van der Waals surface area contributed by atoms with Gasteiger partial charge in [-0.2, -0.15) is 0 Å². The van der Waals surface area contributed by atoms with Crippen molar-refractivity contribution in [3.63, 3.8) is 0 Å². The zero-order valence-electron chi connectivity index (χ0n) is 13.7. The van der Waals surface area contributed by atoms with E-state index in [1.54, 1.807) is 26.0 Å². The molecule has 1 heterocycles. The highest BCUT2D eigenvalue weighted by Gasteiger charge is 2.39. The molecule has 0 radical (unpaired) electrons. The molecule has 2 atom stereocenters. The van der Waals surface area contributed by atoms with E-state index in [-0.39, 0.29) is 16.5 Å². The van der Waals surface area contributed by atoms with Crippen LogP contribution >= 0.6 is 11.8 Å². The normalized spacial score (nSPS) is 21.3. The molecular formula is C16H25N2O3S+. The molecule has 0 spiro atoms. The highest BCUT2D eigenvalue weighted by atomic mass is 32.2. The maximum Gasteiger partial charge on any atom is 0.236 e.